The Kier molecular flexibility index (Phi) is 6.31. The largest absolute Gasteiger partial charge is 0.476 e. The van der Waals surface area contributed by atoms with Gasteiger partial charge in [-0.25, -0.2) is 9.97 Å². The first-order chi connectivity index (χ1) is 11.1. The highest BCUT2D eigenvalue weighted by atomic mass is 35.5. The van der Waals surface area contributed by atoms with Crippen LogP contribution in [-0.2, 0) is 6.42 Å². The van der Waals surface area contributed by atoms with Crippen molar-refractivity contribution in [2.45, 2.75) is 6.42 Å². The van der Waals surface area contributed by atoms with Crippen LogP contribution >= 0.6 is 11.6 Å². The normalized spacial score (nSPS) is 11.1. The molecule has 7 nitrogen and oxygen atoms in total. The molecule has 0 fully saturated rings. The third-order valence-electron chi connectivity index (χ3n) is 2.79. The van der Waals surface area contributed by atoms with E-state index < -0.39 is 4.92 Å². The van der Waals surface area contributed by atoms with Gasteiger partial charge in [-0.15, -0.1) is 0 Å². The zero-order chi connectivity index (χ0) is 16.5. The van der Waals surface area contributed by atoms with E-state index in [1.54, 1.807) is 36.7 Å². The predicted octanol–water partition coefficient (Wildman–Crippen LogP) is 2.46. The van der Waals surface area contributed by atoms with E-state index in [-0.39, 0.29) is 0 Å². The molecule has 8 heteroatoms. The lowest BCUT2D eigenvalue weighted by atomic mass is 10.2. The number of ether oxygens (including phenoxy) is 1. The first kappa shape index (κ1) is 16.7. The van der Waals surface area contributed by atoms with Crippen LogP contribution in [0.5, 0.6) is 5.88 Å². The van der Waals surface area contributed by atoms with Gasteiger partial charge >= 0.3 is 0 Å². The first-order valence-corrected chi connectivity index (χ1v) is 7.23. The predicted molar refractivity (Wildman–Crippen MR) is 85.8 cm³/mol. The summed E-state index contributed by atoms with van der Waals surface area (Å²) in [6.07, 6.45) is 4.51. The molecule has 2 aromatic rings. The average molecular weight is 335 g/mol. The fourth-order valence-corrected chi connectivity index (χ4v) is 1.92. The SMILES string of the molecule is O=[N+]([O-])/C=C(\Cc1ccc(Cl)nc1)NCCOc1ccccn1. The monoisotopic (exact) mass is 334 g/mol. The summed E-state index contributed by atoms with van der Waals surface area (Å²) >= 11 is 5.72. The average Bonchev–Trinajstić information content (AvgIpc) is 2.54. The third-order valence-corrected chi connectivity index (χ3v) is 3.01. The maximum Gasteiger partial charge on any atom is 0.253 e. The van der Waals surface area contributed by atoms with E-state index >= 15 is 0 Å². The van der Waals surface area contributed by atoms with E-state index in [9.17, 15) is 10.1 Å². The van der Waals surface area contributed by atoms with Crippen molar-refractivity contribution >= 4 is 11.6 Å². The Morgan fingerprint density at radius 2 is 2.22 bits per heavy atom. The van der Waals surface area contributed by atoms with Gasteiger partial charge in [0.15, 0.2) is 0 Å². The summed E-state index contributed by atoms with van der Waals surface area (Å²) in [6.45, 7) is 0.752. The molecular weight excluding hydrogens is 320 g/mol. The summed E-state index contributed by atoms with van der Waals surface area (Å²) in [5.41, 5.74) is 1.28. The molecule has 0 aliphatic rings. The smallest absolute Gasteiger partial charge is 0.253 e. The quantitative estimate of drug-likeness (QED) is 0.345. The Morgan fingerprint density at radius 1 is 1.35 bits per heavy atom. The van der Waals surface area contributed by atoms with Crippen molar-refractivity contribution in [2.24, 2.45) is 0 Å². The number of nitrogens with one attached hydrogen (secondary N) is 1. The van der Waals surface area contributed by atoms with Crippen molar-refractivity contribution in [1.29, 1.82) is 0 Å². The number of pyridine rings is 2. The second kappa shape index (κ2) is 8.70. The van der Waals surface area contributed by atoms with E-state index in [0.717, 1.165) is 11.8 Å². The van der Waals surface area contributed by atoms with E-state index in [0.29, 0.717) is 36.3 Å². The second-order valence-corrected chi connectivity index (χ2v) is 4.94. The maximum atomic E-state index is 10.7. The van der Waals surface area contributed by atoms with E-state index in [2.05, 4.69) is 15.3 Å². The van der Waals surface area contributed by atoms with Gasteiger partial charge in [0.2, 0.25) is 5.88 Å². The van der Waals surface area contributed by atoms with Crippen LogP contribution in [0.2, 0.25) is 5.15 Å². The summed E-state index contributed by atoms with van der Waals surface area (Å²) in [4.78, 5) is 18.2. The fraction of sp³-hybridized carbons (Fsp3) is 0.200. The van der Waals surface area contributed by atoms with E-state index in [1.807, 2.05) is 6.07 Å². The molecule has 0 radical (unpaired) electrons. The second-order valence-electron chi connectivity index (χ2n) is 4.55. The Bertz CT molecular complexity index is 662. The molecule has 0 bridgehead atoms. The van der Waals surface area contributed by atoms with Gasteiger partial charge in [0, 0.05) is 31.4 Å². The Balaban J connectivity index is 1.86. The van der Waals surface area contributed by atoms with Crippen LogP contribution in [0, 0.1) is 10.1 Å². The Hall–Kier alpha value is -2.67. The molecule has 0 saturated carbocycles. The van der Waals surface area contributed by atoms with E-state index in [1.165, 1.54) is 0 Å². The van der Waals surface area contributed by atoms with Crippen molar-refractivity contribution in [1.82, 2.24) is 15.3 Å². The van der Waals surface area contributed by atoms with Crippen molar-refractivity contribution in [3.63, 3.8) is 0 Å². The number of hydrogen-bond acceptors (Lipinski definition) is 6. The number of rotatable bonds is 8. The molecule has 2 aromatic heterocycles. The molecule has 1 N–H and O–H groups in total. The highest BCUT2D eigenvalue weighted by Crippen LogP contribution is 2.09. The lowest BCUT2D eigenvalue weighted by molar-refractivity contribution is -0.403. The molecule has 2 rings (SSSR count). The number of halogens is 1. The zero-order valence-corrected chi connectivity index (χ0v) is 12.9. The molecule has 120 valence electrons. The summed E-state index contributed by atoms with van der Waals surface area (Å²) in [7, 11) is 0. The van der Waals surface area contributed by atoms with Crippen molar-refractivity contribution in [3.8, 4) is 5.88 Å². The minimum Gasteiger partial charge on any atom is -0.476 e. The van der Waals surface area contributed by atoms with Crippen molar-refractivity contribution in [3.05, 3.63) is 75.5 Å². The highest BCUT2D eigenvalue weighted by Gasteiger charge is 2.05. The summed E-state index contributed by atoms with van der Waals surface area (Å²) in [5, 5.41) is 14.1. The molecule has 0 spiro atoms. The third kappa shape index (κ3) is 6.31. The Morgan fingerprint density at radius 3 is 2.87 bits per heavy atom. The highest BCUT2D eigenvalue weighted by molar-refractivity contribution is 6.29. The maximum absolute atomic E-state index is 10.7. The number of hydrogen-bond donors (Lipinski definition) is 1. The van der Waals surface area contributed by atoms with Crippen LogP contribution in [0.1, 0.15) is 5.56 Å². The molecule has 2 heterocycles. The fourth-order valence-electron chi connectivity index (χ4n) is 1.81. The van der Waals surface area contributed by atoms with Crippen LogP contribution in [0.3, 0.4) is 0 Å². The number of aromatic nitrogens is 2. The van der Waals surface area contributed by atoms with Gasteiger partial charge in [0.25, 0.3) is 6.20 Å². The molecule has 0 aliphatic carbocycles. The molecule has 23 heavy (non-hydrogen) atoms. The van der Waals surface area contributed by atoms with Crippen LogP contribution in [-0.4, -0.2) is 28.0 Å². The minimum atomic E-state index is -0.495. The van der Waals surface area contributed by atoms with Gasteiger partial charge in [-0.05, 0) is 17.7 Å². The molecule has 0 aliphatic heterocycles. The molecule has 0 amide bonds. The first-order valence-electron chi connectivity index (χ1n) is 6.86. The number of nitrogens with zero attached hydrogens (tertiary/aromatic N) is 3. The molecular formula is C15H15ClN4O3. The molecule has 0 saturated heterocycles. The van der Waals surface area contributed by atoms with Gasteiger partial charge in [-0.3, -0.25) is 10.1 Å². The zero-order valence-electron chi connectivity index (χ0n) is 12.2. The molecule has 0 aromatic carbocycles. The topological polar surface area (TPSA) is 90.2 Å². The number of allylic oxidation sites excluding steroid dienone is 1. The van der Waals surface area contributed by atoms with Crippen LogP contribution in [0.15, 0.2) is 54.6 Å². The number of nitro groups is 1. The van der Waals surface area contributed by atoms with Gasteiger partial charge < -0.3 is 10.1 Å². The van der Waals surface area contributed by atoms with Gasteiger partial charge in [0.05, 0.1) is 10.6 Å². The summed E-state index contributed by atoms with van der Waals surface area (Å²) < 4.78 is 5.43. The van der Waals surface area contributed by atoms with Gasteiger partial charge in [-0.1, -0.05) is 23.7 Å². The van der Waals surface area contributed by atoms with Crippen LogP contribution in [0.4, 0.5) is 0 Å². The van der Waals surface area contributed by atoms with Gasteiger partial charge in [0.1, 0.15) is 11.8 Å². The lowest BCUT2D eigenvalue weighted by Crippen LogP contribution is -2.22. The minimum absolute atomic E-state index is 0.338. The molecule has 0 unspecified atom stereocenters. The van der Waals surface area contributed by atoms with Crippen LogP contribution < -0.4 is 10.1 Å². The van der Waals surface area contributed by atoms with Crippen molar-refractivity contribution < 1.29 is 9.66 Å². The Labute approximate surface area is 138 Å². The summed E-state index contributed by atoms with van der Waals surface area (Å²) in [6, 6.07) is 8.78. The molecule has 0 atom stereocenters. The summed E-state index contributed by atoms with van der Waals surface area (Å²) in [5.74, 6) is 0.510. The van der Waals surface area contributed by atoms with Gasteiger partial charge in [-0.2, -0.15) is 0 Å². The van der Waals surface area contributed by atoms with Crippen LogP contribution in [0.25, 0.3) is 0 Å². The standard InChI is InChI=1S/C15H15ClN4O3/c16-14-5-4-12(10-19-14)9-13(11-20(21)22)17-7-8-23-15-3-1-2-6-18-15/h1-6,10-11,17H,7-9H2/b13-11+. The van der Waals surface area contributed by atoms with E-state index in [4.69, 9.17) is 16.3 Å². The van der Waals surface area contributed by atoms with Crippen molar-refractivity contribution in [2.75, 3.05) is 13.2 Å². The lowest BCUT2D eigenvalue weighted by Gasteiger charge is -2.10.